The summed E-state index contributed by atoms with van der Waals surface area (Å²) in [5.74, 6) is 0. The second-order valence-electron chi connectivity index (χ2n) is 4.02. The number of nitriles is 1. The molecule has 0 saturated heterocycles. The first kappa shape index (κ1) is 12.8. The molecule has 1 aromatic heterocycles. The topological polar surface area (TPSA) is 56.0 Å². The smallest absolute Gasteiger partial charge is 0.0991 e. The third kappa shape index (κ3) is 3.41. The standard InChI is InChI=1S/C14H14N2OS/c15-7-11-2-1-3-12(6-11)8-16-9-14(17)13-4-5-18-10-13/h1-6,10,14,16-17H,8-9H2. The van der Waals surface area contributed by atoms with Gasteiger partial charge in [-0.3, -0.25) is 0 Å². The van der Waals surface area contributed by atoms with E-state index in [1.807, 2.05) is 35.0 Å². The van der Waals surface area contributed by atoms with Crippen LogP contribution in [0.4, 0.5) is 0 Å². The summed E-state index contributed by atoms with van der Waals surface area (Å²) in [7, 11) is 0. The molecular formula is C14H14N2OS. The lowest BCUT2D eigenvalue weighted by atomic mass is 10.1. The van der Waals surface area contributed by atoms with Crippen molar-refractivity contribution in [3.8, 4) is 6.07 Å². The van der Waals surface area contributed by atoms with E-state index < -0.39 is 6.10 Å². The van der Waals surface area contributed by atoms with Crippen LogP contribution in [0.2, 0.25) is 0 Å². The zero-order chi connectivity index (χ0) is 12.8. The number of nitrogens with one attached hydrogen (secondary N) is 1. The zero-order valence-corrected chi connectivity index (χ0v) is 10.7. The molecule has 0 aliphatic heterocycles. The van der Waals surface area contributed by atoms with E-state index in [-0.39, 0.29) is 0 Å². The monoisotopic (exact) mass is 258 g/mol. The summed E-state index contributed by atoms with van der Waals surface area (Å²) in [6.45, 7) is 1.16. The minimum atomic E-state index is -0.476. The molecule has 2 aromatic rings. The van der Waals surface area contributed by atoms with Gasteiger partial charge in [0, 0.05) is 13.1 Å². The molecule has 0 aliphatic rings. The molecule has 2 rings (SSSR count). The number of benzene rings is 1. The van der Waals surface area contributed by atoms with E-state index in [9.17, 15) is 5.11 Å². The highest BCUT2D eigenvalue weighted by molar-refractivity contribution is 7.07. The summed E-state index contributed by atoms with van der Waals surface area (Å²) in [6.07, 6.45) is -0.476. The molecule has 3 nitrogen and oxygen atoms in total. The Balaban J connectivity index is 1.83. The third-order valence-electron chi connectivity index (χ3n) is 2.65. The van der Waals surface area contributed by atoms with E-state index in [1.54, 1.807) is 17.4 Å². The lowest BCUT2D eigenvalue weighted by Gasteiger charge is -2.10. The summed E-state index contributed by atoms with van der Waals surface area (Å²) in [6, 6.07) is 11.5. The molecule has 2 N–H and O–H groups in total. The Labute approximate surface area is 110 Å². The number of rotatable bonds is 5. The van der Waals surface area contributed by atoms with Crippen molar-refractivity contribution in [3.63, 3.8) is 0 Å². The van der Waals surface area contributed by atoms with Crippen LogP contribution < -0.4 is 5.32 Å². The fraction of sp³-hybridized carbons (Fsp3) is 0.214. The van der Waals surface area contributed by atoms with Crippen molar-refractivity contribution in [2.45, 2.75) is 12.6 Å². The molecule has 1 aromatic carbocycles. The number of thiophene rings is 1. The predicted molar refractivity (Wildman–Crippen MR) is 72.1 cm³/mol. The van der Waals surface area contributed by atoms with Gasteiger partial charge in [-0.1, -0.05) is 12.1 Å². The molecule has 4 heteroatoms. The van der Waals surface area contributed by atoms with E-state index in [2.05, 4.69) is 11.4 Å². The third-order valence-corrected chi connectivity index (χ3v) is 3.35. The van der Waals surface area contributed by atoms with Crippen LogP contribution >= 0.6 is 11.3 Å². The van der Waals surface area contributed by atoms with Gasteiger partial charge < -0.3 is 10.4 Å². The Kier molecular flexibility index (Phi) is 4.48. The highest BCUT2D eigenvalue weighted by atomic mass is 32.1. The molecule has 0 fully saturated rings. The molecule has 92 valence electrons. The average molecular weight is 258 g/mol. The summed E-state index contributed by atoms with van der Waals surface area (Å²) in [4.78, 5) is 0. The SMILES string of the molecule is N#Cc1cccc(CNCC(O)c2ccsc2)c1. The zero-order valence-electron chi connectivity index (χ0n) is 9.84. The number of nitrogens with zero attached hydrogens (tertiary/aromatic N) is 1. The molecule has 0 aliphatic carbocycles. The number of hydrogen-bond donors (Lipinski definition) is 2. The van der Waals surface area contributed by atoms with Crippen LogP contribution in [-0.2, 0) is 6.54 Å². The van der Waals surface area contributed by atoms with Crippen molar-refractivity contribution in [2.24, 2.45) is 0 Å². The summed E-state index contributed by atoms with van der Waals surface area (Å²) >= 11 is 1.58. The number of aliphatic hydroxyl groups is 1. The van der Waals surface area contributed by atoms with Gasteiger partial charge in [-0.25, -0.2) is 0 Å². The van der Waals surface area contributed by atoms with Crippen LogP contribution in [0.1, 0.15) is 22.8 Å². The molecule has 0 amide bonds. The van der Waals surface area contributed by atoms with E-state index >= 15 is 0 Å². The Morgan fingerprint density at radius 3 is 3.00 bits per heavy atom. The number of hydrogen-bond acceptors (Lipinski definition) is 4. The van der Waals surface area contributed by atoms with Crippen LogP contribution in [0.3, 0.4) is 0 Å². The Morgan fingerprint density at radius 1 is 1.39 bits per heavy atom. The summed E-state index contributed by atoms with van der Waals surface area (Å²) in [5.41, 5.74) is 2.65. The summed E-state index contributed by atoms with van der Waals surface area (Å²) in [5, 5.41) is 25.8. The molecule has 1 unspecified atom stereocenters. The molecule has 18 heavy (non-hydrogen) atoms. The average Bonchev–Trinajstić information content (AvgIpc) is 2.93. The first-order valence-corrected chi connectivity index (χ1v) is 6.64. The molecule has 0 saturated carbocycles. The first-order valence-electron chi connectivity index (χ1n) is 5.69. The van der Waals surface area contributed by atoms with Crippen molar-refractivity contribution in [2.75, 3.05) is 6.54 Å². The van der Waals surface area contributed by atoms with Gasteiger partial charge in [0.2, 0.25) is 0 Å². The van der Waals surface area contributed by atoms with E-state index in [4.69, 9.17) is 5.26 Å². The van der Waals surface area contributed by atoms with Gasteiger partial charge in [0.15, 0.2) is 0 Å². The van der Waals surface area contributed by atoms with Crippen molar-refractivity contribution in [1.29, 1.82) is 5.26 Å². The van der Waals surface area contributed by atoms with E-state index in [0.717, 1.165) is 11.1 Å². The van der Waals surface area contributed by atoms with E-state index in [1.165, 1.54) is 0 Å². The maximum absolute atomic E-state index is 9.88. The fourth-order valence-electron chi connectivity index (χ4n) is 1.69. The second-order valence-corrected chi connectivity index (χ2v) is 4.80. The quantitative estimate of drug-likeness (QED) is 0.866. The van der Waals surface area contributed by atoms with Gasteiger partial charge in [-0.05, 0) is 40.1 Å². The van der Waals surface area contributed by atoms with Crippen molar-refractivity contribution in [3.05, 3.63) is 57.8 Å². The van der Waals surface area contributed by atoms with Crippen LogP contribution in [0.25, 0.3) is 0 Å². The molecule has 0 bridgehead atoms. The van der Waals surface area contributed by atoms with Crippen LogP contribution in [0, 0.1) is 11.3 Å². The Bertz CT molecular complexity index is 531. The van der Waals surface area contributed by atoms with Gasteiger partial charge >= 0.3 is 0 Å². The predicted octanol–water partition coefficient (Wildman–Crippen LogP) is 2.44. The molecule has 0 radical (unpaired) electrons. The largest absolute Gasteiger partial charge is 0.387 e. The van der Waals surface area contributed by atoms with Crippen LogP contribution in [-0.4, -0.2) is 11.7 Å². The maximum atomic E-state index is 9.88. The molecular weight excluding hydrogens is 244 g/mol. The lowest BCUT2D eigenvalue weighted by Crippen LogP contribution is -2.20. The highest BCUT2D eigenvalue weighted by Crippen LogP contribution is 2.15. The Morgan fingerprint density at radius 2 is 2.28 bits per heavy atom. The minimum Gasteiger partial charge on any atom is -0.387 e. The normalized spacial score (nSPS) is 12.0. The van der Waals surface area contributed by atoms with Crippen molar-refractivity contribution in [1.82, 2.24) is 5.32 Å². The first-order chi connectivity index (χ1) is 8.79. The van der Waals surface area contributed by atoms with Crippen molar-refractivity contribution < 1.29 is 5.11 Å². The van der Waals surface area contributed by atoms with Crippen molar-refractivity contribution >= 4 is 11.3 Å². The molecule has 0 spiro atoms. The van der Waals surface area contributed by atoms with Gasteiger partial charge in [-0.15, -0.1) is 0 Å². The van der Waals surface area contributed by atoms with Crippen LogP contribution in [0.5, 0.6) is 0 Å². The van der Waals surface area contributed by atoms with Gasteiger partial charge in [0.05, 0.1) is 17.7 Å². The van der Waals surface area contributed by atoms with E-state index in [0.29, 0.717) is 18.7 Å². The lowest BCUT2D eigenvalue weighted by molar-refractivity contribution is 0.175. The summed E-state index contributed by atoms with van der Waals surface area (Å²) < 4.78 is 0. The minimum absolute atomic E-state index is 0.476. The molecule has 1 heterocycles. The highest BCUT2D eigenvalue weighted by Gasteiger charge is 2.06. The maximum Gasteiger partial charge on any atom is 0.0991 e. The fourth-order valence-corrected chi connectivity index (χ4v) is 2.39. The molecule has 1 atom stereocenters. The Hall–Kier alpha value is -1.67. The van der Waals surface area contributed by atoms with Gasteiger partial charge in [-0.2, -0.15) is 16.6 Å². The van der Waals surface area contributed by atoms with Gasteiger partial charge in [0.25, 0.3) is 0 Å². The van der Waals surface area contributed by atoms with Gasteiger partial charge in [0.1, 0.15) is 0 Å². The second kappa shape index (κ2) is 6.31. The number of aliphatic hydroxyl groups excluding tert-OH is 1. The van der Waals surface area contributed by atoms with Crippen LogP contribution in [0.15, 0.2) is 41.1 Å².